The zero-order valence-corrected chi connectivity index (χ0v) is 11.7. The average molecular weight is 298 g/mol. The number of rotatable bonds is 1. The second-order valence-electron chi connectivity index (χ2n) is 4.53. The van der Waals surface area contributed by atoms with Gasteiger partial charge < -0.3 is 24.8 Å². The predicted molar refractivity (Wildman–Crippen MR) is 76.7 cm³/mol. The number of fused-ring (bicyclic) bond motifs is 1. The summed E-state index contributed by atoms with van der Waals surface area (Å²) in [6.45, 7) is -0.296. The quantitative estimate of drug-likeness (QED) is 0.568. The molecule has 2 aliphatic heterocycles. The molecule has 3 N–H and O–H groups in total. The summed E-state index contributed by atoms with van der Waals surface area (Å²) in [6.07, 6.45) is 2.03. The van der Waals surface area contributed by atoms with Gasteiger partial charge in [-0.15, -0.1) is 12.6 Å². The van der Waals surface area contributed by atoms with Gasteiger partial charge in [0.2, 0.25) is 0 Å². The fourth-order valence-electron chi connectivity index (χ4n) is 1.96. The lowest BCUT2D eigenvalue weighted by atomic mass is 10.1. The first-order valence-corrected chi connectivity index (χ1v) is 6.85. The molecule has 0 bridgehead atoms. The molecule has 1 fully saturated rings. The molecule has 1 aromatic rings. The van der Waals surface area contributed by atoms with Crippen LogP contribution >= 0.6 is 12.6 Å². The van der Waals surface area contributed by atoms with Gasteiger partial charge in [0.05, 0.1) is 12.9 Å². The predicted octanol–water partition coefficient (Wildman–Crippen LogP) is 0.490. The SMILES string of the molecule is C1=COc2ccccc2C1.OC[C@H]1O[C@@H](S)[C@H](O)[C@H]1O. The van der Waals surface area contributed by atoms with Crippen LogP contribution in [0.2, 0.25) is 0 Å². The number of thiol groups is 1. The number of hydrogen-bond acceptors (Lipinski definition) is 6. The molecule has 1 aromatic carbocycles. The van der Waals surface area contributed by atoms with E-state index in [1.807, 2.05) is 24.3 Å². The van der Waals surface area contributed by atoms with E-state index in [1.165, 1.54) is 5.56 Å². The molecule has 0 spiro atoms. The summed E-state index contributed by atoms with van der Waals surface area (Å²) in [4.78, 5) is 0. The topological polar surface area (TPSA) is 79.2 Å². The van der Waals surface area contributed by atoms with Crippen molar-refractivity contribution in [2.75, 3.05) is 6.61 Å². The number of hydrogen-bond donors (Lipinski definition) is 4. The smallest absolute Gasteiger partial charge is 0.130 e. The third-order valence-electron chi connectivity index (χ3n) is 3.12. The van der Waals surface area contributed by atoms with Crippen LogP contribution < -0.4 is 4.74 Å². The van der Waals surface area contributed by atoms with Crippen LogP contribution in [0.3, 0.4) is 0 Å². The van der Waals surface area contributed by atoms with Gasteiger partial charge in [-0.25, -0.2) is 0 Å². The molecule has 0 radical (unpaired) electrons. The van der Waals surface area contributed by atoms with Crippen LogP contribution in [0.25, 0.3) is 0 Å². The lowest BCUT2D eigenvalue weighted by molar-refractivity contribution is -0.00794. The molecule has 0 amide bonds. The molecule has 2 heterocycles. The van der Waals surface area contributed by atoms with Crippen molar-refractivity contribution in [3.05, 3.63) is 42.2 Å². The maximum Gasteiger partial charge on any atom is 0.130 e. The fraction of sp³-hybridized carbons (Fsp3) is 0.429. The number of benzene rings is 1. The van der Waals surface area contributed by atoms with Gasteiger partial charge >= 0.3 is 0 Å². The van der Waals surface area contributed by atoms with E-state index in [4.69, 9.17) is 24.8 Å². The van der Waals surface area contributed by atoms with E-state index >= 15 is 0 Å². The Morgan fingerprint density at radius 3 is 2.50 bits per heavy atom. The second kappa shape index (κ2) is 7.10. The van der Waals surface area contributed by atoms with Gasteiger partial charge in [-0.05, 0) is 24.1 Å². The van der Waals surface area contributed by atoms with Gasteiger partial charge in [0.15, 0.2) is 0 Å². The normalized spacial score (nSPS) is 31.0. The van der Waals surface area contributed by atoms with E-state index in [0.29, 0.717) is 0 Å². The first-order valence-electron chi connectivity index (χ1n) is 6.33. The third-order valence-corrected chi connectivity index (χ3v) is 3.55. The lowest BCUT2D eigenvalue weighted by Gasteiger charge is -2.09. The maximum atomic E-state index is 9.04. The van der Waals surface area contributed by atoms with Crippen molar-refractivity contribution in [1.29, 1.82) is 0 Å². The second-order valence-corrected chi connectivity index (χ2v) is 5.04. The highest BCUT2D eigenvalue weighted by Crippen LogP contribution is 2.23. The van der Waals surface area contributed by atoms with Gasteiger partial charge in [0.25, 0.3) is 0 Å². The molecule has 110 valence electrons. The van der Waals surface area contributed by atoms with E-state index in [2.05, 4.69) is 18.7 Å². The standard InChI is InChI=1S/C9H8O.C5H10O4S/c1-2-6-9-8(4-1)5-3-7-10-9;6-1-2-3(7)4(8)5(10)9-2/h1-4,6-7H,5H2;2-8,10H,1H2/t;2-,3+,4-,5+/m.1/s1. The molecule has 0 saturated carbocycles. The molecule has 0 unspecified atom stereocenters. The highest BCUT2D eigenvalue weighted by atomic mass is 32.1. The number of allylic oxidation sites excluding steroid dienone is 1. The molecule has 4 atom stereocenters. The van der Waals surface area contributed by atoms with Crippen LogP contribution in [-0.4, -0.2) is 45.7 Å². The Labute approximate surface area is 122 Å². The van der Waals surface area contributed by atoms with Gasteiger partial charge in [0, 0.05) is 0 Å². The highest BCUT2D eigenvalue weighted by Gasteiger charge is 2.40. The Kier molecular flexibility index (Phi) is 5.45. The molecule has 0 aliphatic carbocycles. The Morgan fingerprint density at radius 2 is 1.95 bits per heavy atom. The van der Waals surface area contributed by atoms with Crippen molar-refractivity contribution in [1.82, 2.24) is 0 Å². The van der Waals surface area contributed by atoms with Gasteiger partial charge in [-0.3, -0.25) is 0 Å². The summed E-state index contributed by atoms with van der Waals surface area (Å²) in [5.41, 5.74) is 0.581. The van der Waals surface area contributed by atoms with Crippen molar-refractivity contribution in [3.8, 4) is 5.75 Å². The van der Waals surface area contributed by atoms with Crippen molar-refractivity contribution < 1.29 is 24.8 Å². The van der Waals surface area contributed by atoms with Gasteiger partial charge in [-0.1, -0.05) is 18.2 Å². The minimum absolute atomic E-state index is 0.296. The summed E-state index contributed by atoms with van der Waals surface area (Å²) in [6, 6.07) is 8.08. The summed E-state index contributed by atoms with van der Waals surface area (Å²) in [5.74, 6) is 0.991. The minimum atomic E-state index is -1.02. The van der Waals surface area contributed by atoms with Crippen molar-refractivity contribution in [2.24, 2.45) is 0 Å². The first-order chi connectivity index (χ1) is 9.63. The zero-order chi connectivity index (χ0) is 14.5. The number of ether oxygens (including phenoxy) is 2. The van der Waals surface area contributed by atoms with E-state index in [-0.39, 0.29) is 6.61 Å². The minimum Gasteiger partial charge on any atom is -0.465 e. The third kappa shape index (κ3) is 3.53. The molecule has 2 aliphatic rings. The largest absolute Gasteiger partial charge is 0.465 e. The van der Waals surface area contributed by atoms with Crippen LogP contribution in [0, 0.1) is 0 Å². The van der Waals surface area contributed by atoms with Crippen LogP contribution in [0.4, 0.5) is 0 Å². The van der Waals surface area contributed by atoms with Crippen molar-refractivity contribution >= 4 is 12.6 Å². The average Bonchev–Trinajstić information content (AvgIpc) is 2.75. The van der Waals surface area contributed by atoms with Crippen LogP contribution in [0.5, 0.6) is 5.75 Å². The van der Waals surface area contributed by atoms with Crippen LogP contribution in [0.15, 0.2) is 36.6 Å². The zero-order valence-electron chi connectivity index (χ0n) is 10.8. The van der Waals surface area contributed by atoms with Crippen molar-refractivity contribution in [2.45, 2.75) is 30.2 Å². The highest BCUT2D eigenvalue weighted by molar-refractivity contribution is 7.80. The summed E-state index contributed by atoms with van der Waals surface area (Å²) in [5, 5.41) is 26.6. The van der Waals surface area contributed by atoms with E-state index in [0.717, 1.165) is 12.2 Å². The lowest BCUT2D eigenvalue weighted by Crippen LogP contribution is -2.32. The fourth-order valence-corrected chi connectivity index (χ4v) is 2.30. The number of aliphatic hydroxyl groups is 3. The Balaban J connectivity index is 0.000000147. The van der Waals surface area contributed by atoms with Gasteiger partial charge in [0.1, 0.15) is 29.5 Å². The van der Waals surface area contributed by atoms with Crippen LogP contribution in [0.1, 0.15) is 5.56 Å². The molecular formula is C14H18O5S. The molecule has 0 aromatic heterocycles. The summed E-state index contributed by atoms with van der Waals surface area (Å²) in [7, 11) is 0. The molecule has 1 saturated heterocycles. The van der Waals surface area contributed by atoms with E-state index < -0.39 is 23.7 Å². The van der Waals surface area contributed by atoms with Gasteiger partial charge in [-0.2, -0.15) is 0 Å². The Hall–Kier alpha value is -1.05. The van der Waals surface area contributed by atoms with E-state index in [1.54, 1.807) is 6.26 Å². The van der Waals surface area contributed by atoms with Crippen molar-refractivity contribution in [3.63, 3.8) is 0 Å². The molecule has 5 nitrogen and oxygen atoms in total. The number of para-hydroxylation sites is 1. The number of aliphatic hydroxyl groups excluding tert-OH is 3. The molecule has 3 rings (SSSR count). The Morgan fingerprint density at radius 1 is 1.20 bits per heavy atom. The summed E-state index contributed by atoms with van der Waals surface area (Å²) >= 11 is 3.82. The monoisotopic (exact) mass is 298 g/mol. The molecule has 6 heteroatoms. The maximum absolute atomic E-state index is 9.04. The van der Waals surface area contributed by atoms with E-state index in [9.17, 15) is 0 Å². The first kappa shape index (κ1) is 15.3. The Bertz CT molecular complexity index is 438. The molecule has 20 heavy (non-hydrogen) atoms. The summed E-state index contributed by atoms with van der Waals surface area (Å²) < 4.78 is 10.1. The molecular weight excluding hydrogens is 280 g/mol. The van der Waals surface area contributed by atoms with Crippen LogP contribution in [-0.2, 0) is 11.2 Å².